The molecule has 0 aromatic carbocycles. The number of esters is 3. The second kappa shape index (κ2) is 66.4. The second-order valence-electron chi connectivity index (χ2n) is 23.8. The van der Waals surface area contributed by atoms with E-state index in [0.717, 1.165) is 70.6 Å². The fourth-order valence-electron chi connectivity index (χ4n) is 10.7. The maximum Gasteiger partial charge on any atom is 0.306 e. The normalized spacial score (nSPS) is 12.1. The van der Waals surface area contributed by atoms with Gasteiger partial charge >= 0.3 is 17.9 Å². The molecule has 0 aromatic heterocycles. The van der Waals surface area contributed by atoms with Crippen LogP contribution in [0.4, 0.5) is 0 Å². The lowest BCUT2D eigenvalue weighted by Crippen LogP contribution is -2.30. The molecule has 0 spiro atoms. The summed E-state index contributed by atoms with van der Waals surface area (Å²) in [7, 11) is 0. The molecule has 0 bridgehead atoms. The molecule has 454 valence electrons. The van der Waals surface area contributed by atoms with Gasteiger partial charge in [0.05, 0.1) is 0 Å². The Bertz CT molecular complexity index is 1240. The van der Waals surface area contributed by atoms with E-state index in [2.05, 4.69) is 45.1 Å². The minimum atomic E-state index is -0.771. The summed E-state index contributed by atoms with van der Waals surface area (Å²) in [5.74, 6) is -0.854. The number of carbonyl (C=O) groups is 3. The van der Waals surface area contributed by atoms with Gasteiger partial charge in [0.25, 0.3) is 0 Å². The van der Waals surface area contributed by atoms with Crippen LogP contribution < -0.4 is 0 Å². The molecule has 0 aliphatic rings. The molecule has 0 aliphatic heterocycles. The van der Waals surface area contributed by atoms with Crippen LogP contribution in [0.15, 0.2) is 24.3 Å². The number of allylic oxidation sites excluding steroid dienone is 4. The lowest BCUT2D eigenvalue weighted by Gasteiger charge is -2.18. The van der Waals surface area contributed by atoms with Gasteiger partial charge in [0.2, 0.25) is 0 Å². The molecule has 6 nitrogen and oxygen atoms in total. The third kappa shape index (κ3) is 64.6. The number of ether oxygens (including phenoxy) is 3. The zero-order valence-electron chi connectivity index (χ0n) is 52.3. The third-order valence-electron chi connectivity index (χ3n) is 16.0. The Kier molecular flexibility index (Phi) is 64.6. The molecule has 77 heavy (non-hydrogen) atoms. The van der Waals surface area contributed by atoms with E-state index in [-0.39, 0.29) is 31.1 Å². The first-order chi connectivity index (χ1) is 38.0. The first kappa shape index (κ1) is 74.9. The molecular formula is C71H134O6. The monoisotopic (exact) mass is 1080 g/mol. The number of hydrogen-bond donors (Lipinski definition) is 0. The number of unbranched alkanes of at least 4 members (excludes halogenated alkanes) is 50. The maximum atomic E-state index is 12.9. The highest BCUT2D eigenvalue weighted by Gasteiger charge is 2.19. The van der Waals surface area contributed by atoms with Crippen molar-refractivity contribution in [3.8, 4) is 0 Å². The molecule has 0 aromatic rings. The van der Waals surface area contributed by atoms with Gasteiger partial charge in [-0.3, -0.25) is 14.4 Å². The molecular weight excluding hydrogens is 949 g/mol. The third-order valence-corrected chi connectivity index (χ3v) is 16.0. The molecule has 0 rings (SSSR count). The van der Waals surface area contributed by atoms with Gasteiger partial charge in [-0.2, -0.15) is 0 Å². The van der Waals surface area contributed by atoms with Crippen molar-refractivity contribution >= 4 is 17.9 Å². The van der Waals surface area contributed by atoms with Gasteiger partial charge < -0.3 is 14.2 Å². The van der Waals surface area contributed by atoms with Crippen molar-refractivity contribution < 1.29 is 28.6 Å². The van der Waals surface area contributed by atoms with Gasteiger partial charge in [-0.05, 0) is 51.4 Å². The average Bonchev–Trinajstić information content (AvgIpc) is 3.43. The fraction of sp³-hybridized carbons (Fsp3) is 0.901. The number of rotatable bonds is 65. The Balaban J connectivity index is 4.00. The van der Waals surface area contributed by atoms with E-state index in [1.165, 1.54) is 283 Å². The van der Waals surface area contributed by atoms with Gasteiger partial charge in [0.15, 0.2) is 6.10 Å². The molecule has 0 N–H and O–H groups in total. The molecule has 0 heterocycles. The second-order valence-corrected chi connectivity index (χ2v) is 23.8. The first-order valence-electron chi connectivity index (χ1n) is 34.8. The number of hydrogen-bond acceptors (Lipinski definition) is 6. The summed E-state index contributed by atoms with van der Waals surface area (Å²) in [5.41, 5.74) is 0. The first-order valence-corrected chi connectivity index (χ1v) is 34.8. The van der Waals surface area contributed by atoms with Crippen LogP contribution in [0.5, 0.6) is 0 Å². The molecule has 0 aliphatic carbocycles. The molecule has 1 atom stereocenters. The van der Waals surface area contributed by atoms with Crippen molar-refractivity contribution in [1.82, 2.24) is 0 Å². The van der Waals surface area contributed by atoms with Gasteiger partial charge in [0.1, 0.15) is 13.2 Å². The van der Waals surface area contributed by atoms with Gasteiger partial charge in [0, 0.05) is 19.3 Å². The smallest absolute Gasteiger partial charge is 0.306 e. The van der Waals surface area contributed by atoms with E-state index in [1.807, 2.05) is 0 Å². The highest BCUT2D eigenvalue weighted by atomic mass is 16.6. The Morgan fingerprint density at radius 1 is 0.260 bits per heavy atom. The van der Waals surface area contributed by atoms with Crippen LogP contribution in [0.25, 0.3) is 0 Å². The summed E-state index contributed by atoms with van der Waals surface area (Å²) < 4.78 is 16.9. The van der Waals surface area contributed by atoms with Crippen molar-refractivity contribution in [3.05, 3.63) is 24.3 Å². The highest BCUT2D eigenvalue weighted by molar-refractivity contribution is 5.71. The summed E-state index contributed by atoms with van der Waals surface area (Å²) in [6.45, 7) is 6.66. The van der Waals surface area contributed by atoms with Crippen molar-refractivity contribution in [3.63, 3.8) is 0 Å². The zero-order valence-corrected chi connectivity index (χ0v) is 52.3. The van der Waals surface area contributed by atoms with Crippen LogP contribution in [0, 0.1) is 0 Å². The molecule has 0 fully saturated rings. The van der Waals surface area contributed by atoms with E-state index in [4.69, 9.17) is 14.2 Å². The van der Waals surface area contributed by atoms with Crippen LogP contribution >= 0.6 is 0 Å². The van der Waals surface area contributed by atoms with E-state index >= 15 is 0 Å². The van der Waals surface area contributed by atoms with Gasteiger partial charge in [-0.15, -0.1) is 0 Å². The molecule has 1 unspecified atom stereocenters. The van der Waals surface area contributed by atoms with Crippen LogP contribution in [-0.2, 0) is 28.6 Å². The largest absolute Gasteiger partial charge is 0.462 e. The average molecular weight is 1080 g/mol. The van der Waals surface area contributed by atoms with E-state index in [9.17, 15) is 14.4 Å². The molecule has 0 radical (unpaired) electrons. The van der Waals surface area contributed by atoms with Crippen molar-refractivity contribution in [1.29, 1.82) is 0 Å². The predicted octanol–water partition coefficient (Wildman–Crippen LogP) is 23.8. The fourth-order valence-corrected chi connectivity index (χ4v) is 10.7. The Morgan fingerprint density at radius 3 is 0.740 bits per heavy atom. The Morgan fingerprint density at radius 2 is 0.468 bits per heavy atom. The SMILES string of the molecule is CCCCC/C=C\C/C=C\CCCCCCCCCC(=O)OC(COC(=O)CCCCCCCCCCC)COC(=O)CCCCCCCCCCCCCCCCCCCCCCCCCCCCCCCCCCC. The van der Waals surface area contributed by atoms with Crippen molar-refractivity contribution in [2.24, 2.45) is 0 Å². The molecule has 6 heteroatoms. The van der Waals surface area contributed by atoms with Crippen molar-refractivity contribution in [2.45, 2.75) is 399 Å². The van der Waals surface area contributed by atoms with Crippen molar-refractivity contribution in [2.75, 3.05) is 13.2 Å². The van der Waals surface area contributed by atoms with E-state index in [1.54, 1.807) is 0 Å². The lowest BCUT2D eigenvalue weighted by atomic mass is 10.0. The van der Waals surface area contributed by atoms with Crippen LogP contribution in [0.3, 0.4) is 0 Å². The van der Waals surface area contributed by atoms with Gasteiger partial charge in [-0.25, -0.2) is 0 Å². The quantitative estimate of drug-likeness (QED) is 0.0261. The van der Waals surface area contributed by atoms with E-state index in [0.29, 0.717) is 19.3 Å². The minimum absolute atomic E-state index is 0.0690. The lowest BCUT2D eigenvalue weighted by molar-refractivity contribution is -0.167. The standard InChI is InChI=1S/C71H134O6/c1-4-7-10-13-16-19-21-23-25-27-28-29-30-31-32-33-34-35-36-37-38-39-40-41-42-44-45-47-49-52-55-58-61-64-70(73)76-67-68(66-75-69(72)63-60-57-54-51-18-15-12-9-6-3)77-71(74)65-62-59-56-53-50-48-46-43-26-24-22-20-17-14-11-8-5-2/h17,20,24,26,68H,4-16,18-19,21-23,25,27-67H2,1-3H3/b20-17-,26-24-. The Hall–Kier alpha value is -2.11. The summed E-state index contributed by atoms with van der Waals surface area (Å²) >= 11 is 0. The van der Waals surface area contributed by atoms with Crippen LogP contribution in [0.1, 0.15) is 393 Å². The molecule has 0 amide bonds. The van der Waals surface area contributed by atoms with Crippen LogP contribution in [-0.4, -0.2) is 37.2 Å². The minimum Gasteiger partial charge on any atom is -0.462 e. The predicted molar refractivity (Wildman–Crippen MR) is 335 cm³/mol. The van der Waals surface area contributed by atoms with Crippen LogP contribution in [0.2, 0.25) is 0 Å². The molecule has 0 saturated carbocycles. The topological polar surface area (TPSA) is 78.9 Å². The number of carbonyl (C=O) groups excluding carboxylic acids is 3. The highest BCUT2D eigenvalue weighted by Crippen LogP contribution is 2.19. The van der Waals surface area contributed by atoms with Gasteiger partial charge in [-0.1, -0.05) is 347 Å². The zero-order chi connectivity index (χ0) is 55.7. The van der Waals surface area contributed by atoms with E-state index < -0.39 is 6.10 Å². The summed E-state index contributed by atoms with van der Waals surface area (Å²) in [6.07, 6.45) is 80.9. The summed E-state index contributed by atoms with van der Waals surface area (Å²) in [6, 6.07) is 0. The maximum absolute atomic E-state index is 12.9. The summed E-state index contributed by atoms with van der Waals surface area (Å²) in [5, 5.41) is 0. The Labute approximate surface area is 481 Å². The summed E-state index contributed by atoms with van der Waals surface area (Å²) in [4.78, 5) is 38.2. The molecule has 0 saturated heterocycles.